The van der Waals surface area contributed by atoms with Crippen LogP contribution in [-0.4, -0.2) is 13.2 Å². The first-order chi connectivity index (χ1) is 9.88. The van der Waals surface area contributed by atoms with E-state index in [1.54, 1.807) is 7.11 Å². The van der Waals surface area contributed by atoms with E-state index in [4.69, 9.17) is 16.3 Å². The van der Waals surface area contributed by atoms with Crippen molar-refractivity contribution >= 4 is 11.6 Å². The highest BCUT2D eigenvalue weighted by molar-refractivity contribution is 6.30. The minimum absolute atomic E-state index is 0.406. The van der Waals surface area contributed by atoms with E-state index in [1.165, 1.54) is 19.3 Å². The van der Waals surface area contributed by atoms with E-state index in [-0.39, 0.29) is 0 Å². The average molecular weight is 308 g/mol. The van der Waals surface area contributed by atoms with Crippen molar-refractivity contribution in [3.05, 3.63) is 28.8 Å². The van der Waals surface area contributed by atoms with Gasteiger partial charge in [-0.3, -0.25) is 0 Å². The van der Waals surface area contributed by atoms with Gasteiger partial charge >= 0.3 is 0 Å². The van der Waals surface area contributed by atoms with Crippen molar-refractivity contribution in [3.63, 3.8) is 0 Å². The summed E-state index contributed by atoms with van der Waals surface area (Å²) in [7, 11) is 1.72. The van der Waals surface area contributed by atoms with Crippen LogP contribution in [0.4, 0.5) is 0 Å². The Morgan fingerprint density at radius 1 is 1.33 bits per heavy atom. The number of hydrogen-bond acceptors (Lipinski definition) is 2. The van der Waals surface area contributed by atoms with Crippen molar-refractivity contribution in [2.75, 3.05) is 7.11 Å². The minimum atomic E-state index is 0.406. The van der Waals surface area contributed by atoms with Crippen LogP contribution in [0.3, 0.4) is 0 Å². The number of nitrogens with one attached hydrogen (secondary N) is 1. The second kappa shape index (κ2) is 5.17. The van der Waals surface area contributed by atoms with Crippen molar-refractivity contribution in [1.29, 1.82) is 0 Å². The standard InChI is InChI=1S/C18H26ClNO/c1-17(2)13-7-8-18(17,3)16(10-13)20-11-12-9-14(19)5-6-15(12)21-4/h5-6,9,13,16,20H,7-8,10-11H2,1-4H3. The van der Waals surface area contributed by atoms with Gasteiger partial charge in [-0.25, -0.2) is 0 Å². The minimum Gasteiger partial charge on any atom is -0.496 e. The van der Waals surface area contributed by atoms with Gasteiger partial charge in [-0.15, -0.1) is 0 Å². The van der Waals surface area contributed by atoms with Crippen LogP contribution in [0.1, 0.15) is 45.6 Å². The first-order valence-corrected chi connectivity index (χ1v) is 8.32. The average Bonchev–Trinajstić information content (AvgIpc) is 2.78. The third-order valence-electron chi connectivity index (χ3n) is 6.58. The third-order valence-corrected chi connectivity index (χ3v) is 6.81. The van der Waals surface area contributed by atoms with Crippen LogP contribution in [0.2, 0.25) is 5.02 Å². The predicted octanol–water partition coefficient (Wildman–Crippen LogP) is 4.65. The zero-order chi connectivity index (χ0) is 15.3. The van der Waals surface area contributed by atoms with Gasteiger partial charge in [0.25, 0.3) is 0 Å². The molecule has 116 valence electrons. The van der Waals surface area contributed by atoms with Crippen molar-refractivity contribution < 1.29 is 4.74 Å². The maximum absolute atomic E-state index is 6.12. The van der Waals surface area contributed by atoms with Gasteiger partial charge in [0, 0.05) is 23.2 Å². The number of fused-ring (bicyclic) bond motifs is 2. The molecule has 0 heterocycles. The highest BCUT2D eigenvalue weighted by Gasteiger charge is 2.60. The fourth-order valence-corrected chi connectivity index (χ4v) is 4.83. The molecule has 0 aliphatic heterocycles. The van der Waals surface area contributed by atoms with Gasteiger partial charge in [0.1, 0.15) is 5.75 Å². The van der Waals surface area contributed by atoms with Crippen LogP contribution < -0.4 is 10.1 Å². The van der Waals surface area contributed by atoms with Gasteiger partial charge in [0.05, 0.1) is 7.11 Å². The summed E-state index contributed by atoms with van der Waals surface area (Å²) in [5, 5.41) is 4.56. The Morgan fingerprint density at radius 2 is 2.10 bits per heavy atom. The summed E-state index contributed by atoms with van der Waals surface area (Å²) in [6.07, 6.45) is 4.03. The van der Waals surface area contributed by atoms with Crippen molar-refractivity contribution in [2.45, 2.75) is 52.6 Å². The SMILES string of the molecule is COc1ccc(Cl)cc1CNC1CC2CCC1(C)C2(C)C. The molecular formula is C18H26ClNO. The molecule has 2 fully saturated rings. The van der Waals surface area contributed by atoms with Gasteiger partial charge in [0.2, 0.25) is 0 Å². The Balaban J connectivity index is 1.74. The number of benzene rings is 1. The lowest BCUT2D eigenvalue weighted by Crippen LogP contribution is -2.44. The molecule has 3 heteroatoms. The van der Waals surface area contributed by atoms with Gasteiger partial charge < -0.3 is 10.1 Å². The number of methoxy groups -OCH3 is 1. The quantitative estimate of drug-likeness (QED) is 0.874. The first-order valence-electron chi connectivity index (χ1n) is 7.94. The Morgan fingerprint density at radius 3 is 2.67 bits per heavy atom. The van der Waals surface area contributed by atoms with Crippen LogP contribution >= 0.6 is 11.6 Å². The fourth-order valence-electron chi connectivity index (χ4n) is 4.63. The van der Waals surface area contributed by atoms with E-state index < -0.39 is 0 Å². The third kappa shape index (κ3) is 2.27. The van der Waals surface area contributed by atoms with Crippen molar-refractivity contribution in [3.8, 4) is 5.75 Å². The predicted molar refractivity (Wildman–Crippen MR) is 87.9 cm³/mol. The van der Waals surface area contributed by atoms with Gasteiger partial charge in [-0.05, 0) is 54.2 Å². The Kier molecular flexibility index (Phi) is 3.74. The molecule has 2 aliphatic carbocycles. The smallest absolute Gasteiger partial charge is 0.123 e. The first kappa shape index (κ1) is 15.2. The highest BCUT2D eigenvalue weighted by Crippen LogP contribution is 2.65. The maximum Gasteiger partial charge on any atom is 0.123 e. The van der Waals surface area contributed by atoms with Crippen LogP contribution in [0.25, 0.3) is 0 Å². The van der Waals surface area contributed by atoms with E-state index >= 15 is 0 Å². The molecule has 2 aliphatic rings. The summed E-state index contributed by atoms with van der Waals surface area (Å²) in [4.78, 5) is 0. The summed E-state index contributed by atoms with van der Waals surface area (Å²) < 4.78 is 5.44. The molecule has 2 bridgehead atoms. The molecule has 0 radical (unpaired) electrons. The topological polar surface area (TPSA) is 21.3 Å². The zero-order valence-electron chi connectivity index (χ0n) is 13.5. The zero-order valence-corrected chi connectivity index (χ0v) is 14.3. The highest BCUT2D eigenvalue weighted by atomic mass is 35.5. The normalized spacial score (nSPS) is 33.4. The van der Waals surface area contributed by atoms with E-state index in [1.807, 2.05) is 18.2 Å². The molecule has 3 unspecified atom stereocenters. The lowest BCUT2D eigenvalue weighted by molar-refractivity contribution is 0.120. The molecule has 3 rings (SSSR count). The van der Waals surface area contributed by atoms with Gasteiger partial charge in [-0.1, -0.05) is 32.4 Å². The molecule has 2 nitrogen and oxygen atoms in total. The number of halogens is 1. The number of ether oxygens (including phenoxy) is 1. The molecular weight excluding hydrogens is 282 g/mol. The van der Waals surface area contributed by atoms with Crippen LogP contribution in [0.15, 0.2) is 18.2 Å². The summed E-state index contributed by atoms with van der Waals surface area (Å²) in [6.45, 7) is 8.19. The lowest BCUT2D eigenvalue weighted by Gasteiger charge is -2.39. The van der Waals surface area contributed by atoms with E-state index in [0.717, 1.165) is 28.8 Å². The summed E-state index contributed by atoms with van der Waals surface area (Å²) in [6, 6.07) is 6.43. The number of rotatable bonds is 4. The molecule has 0 aromatic heterocycles. The summed E-state index contributed by atoms with van der Waals surface area (Å²) >= 11 is 6.12. The van der Waals surface area contributed by atoms with E-state index in [0.29, 0.717) is 16.9 Å². The largest absolute Gasteiger partial charge is 0.496 e. The van der Waals surface area contributed by atoms with Gasteiger partial charge in [0.15, 0.2) is 0 Å². The molecule has 0 spiro atoms. The molecule has 1 aromatic rings. The van der Waals surface area contributed by atoms with Crippen molar-refractivity contribution in [1.82, 2.24) is 5.32 Å². The van der Waals surface area contributed by atoms with E-state index in [9.17, 15) is 0 Å². The molecule has 21 heavy (non-hydrogen) atoms. The molecule has 0 amide bonds. The molecule has 1 N–H and O–H groups in total. The summed E-state index contributed by atoms with van der Waals surface area (Å²) in [5.74, 6) is 1.78. The Bertz CT molecular complexity index is 542. The lowest BCUT2D eigenvalue weighted by atomic mass is 9.69. The summed E-state index contributed by atoms with van der Waals surface area (Å²) in [5.41, 5.74) is 2.00. The number of hydrogen-bond donors (Lipinski definition) is 1. The van der Waals surface area contributed by atoms with Crippen molar-refractivity contribution in [2.24, 2.45) is 16.7 Å². The monoisotopic (exact) mass is 307 g/mol. The van der Waals surface area contributed by atoms with Crippen LogP contribution in [-0.2, 0) is 6.54 Å². The Labute approximate surface area is 133 Å². The maximum atomic E-state index is 6.12. The van der Waals surface area contributed by atoms with Crippen LogP contribution in [0.5, 0.6) is 5.75 Å². The molecule has 0 saturated heterocycles. The van der Waals surface area contributed by atoms with E-state index in [2.05, 4.69) is 26.1 Å². The molecule has 2 saturated carbocycles. The second-order valence-electron chi connectivity index (χ2n) is 7.50. The van der Waals surface area contributed by atoms with Gasteiger partial charge in [-0.2, -0.15) is 0 Å². The van der Waals surface area contributed by atoms with Crippen LogP contribution in [0, 0.1) is 16.7 Å². The Hall–Kier alpha value is -0.730. The molecule has 1 aromatic carbocycles. The molecule has 3 atom stereocenters. The second-order valence-corrected chi connectivity index (χ2v) is 7.94. The fraction of sp³-hybridized carbons (Fsp3) is 0.667.